The zero-order valence-electron chi connectivity index (χ0n) is 9.92. The van der Waals surface area contributed by atoms with Crippen LogP contribution in [0.4, 0.5) is 0 Å². The largest absolute Gasteiger partial charge is 1.00 e. The van der Waals surface area contributed by atoms with Crippen LogP contribution in [0, 0.1) is 0 Å². The Balaban J connectivity index is 0.00000144. The van der Waals surface area contributed by atoms with E-state index in [1.165, 1.54) is 18.0 Å². The van der Waals surface area contributed by atoms with Crippen molar-refractivity contribution in [2.24, 2.45) is 0 Å². The Hall–Kier alpha value is -0.323. The van der Waals surface area contributed by atoms with E-state index in [4.69, 9.17) is 9.47 Å². The molecule has 6 nitrogen and oxygen atoms in total. The zero-order valence-corrected chi connectivity index (χ0v) is 10.7. The number of aromatic nitrogens is 2. The van der Waals surface area contributed by atoms with Crippen LogP contribution < -0.4 is 23.6 Å². The quantitative estimate of drug-likeness (QED) is 0.452. The molecule has 90 valence electrons. The van der Waals surface area contributed by atoms with Crippen LogP contribution in [0.3, 0.4) is 0 Å². The van der Waals surface area contributed by atoms with Gasteiger partial charge in [0.2, 0.25) is 0 Å². The number of rotatable bonds is 3. The maximum atomic E-state index is 11.1. The molecular weight excluding hydrogens is 239 g/mol. The first-order chi connectivity index (χ1) is 7.74. The summed E-state index contributed by atoms with van der Waals surface area (Å²) in [6.07, 6.45) is 3.88. The fourth-order valence-corrected chi connectivity index (χ4v) is 2.37. The van der Waals surface area contributed by atoms with Gasteiger partial charge in [-0.1, -0.05) is 0 Å². The molecule has 0 amide bonds. The Morgan fingerprint density at radius 1 is 1.65 bits per heavy atom. The van der Waals surface area contributed by atoms with E-state index in [1.54, 1.807) is 0 Å². The molecule has 17 heavy (non-hydrogen) atoms. The second-order valence-electron chi connectivity index (χ2n) is 3.52. The Morgan fingerprint density at radius 2 is 2.41 bits per heavy atom. The average Bonchev–Trinajstić information content (AvgIpc) is 2.73. The molecule has 2 atom stereocenters. The minimum absolute atomic E-state index is 0. The number of ether oxygens (including phenoxy) is 2. The van der Waals surface area contributed by atoms with E-state index >= 15 is 0 Å². The predicted molar refractivity (Wildman–Crippen MR) is 54.8 cm³/mol. The van der Waals surface area contributed by atoms with Crippen LogP contribution in [0.15, 0.2) is 11.2 Å². The van der Waals surface area contributed by atoms with Crippen molar-refractivity contribution < 1.29 is 37.1 Å². The molecule has 2 rings (SSSR count). The summed E-state index contributed by atoms with van der Waals surface area (Å²) in [5.74, 6) is 0.252. The first-order valence-corrected chi connectivity index (χ1v) is 6.14. The molecule has 0 aliphatic carbocycles. The molecule has 0 spiro atoms. The molecule has 1 aromatic heterocycles. The summed E-state index contributed by atoms with van der Waals surface area (Å²) in [6.45, 7) is 0.637. The second kappa shape index (κ2) is 6.57. The van der Waals surface area contributed by atoms with Gasteiger partial charge in [-0.05, 0) is 19.3 Å². The van der Waals surface area contributed by atoms with E-state index in [-0.39, 0.29) is 35.9 Å². The first kappa shape index (κ1) is 14.7. The van der Waals surface area contributed by atoms with Crippen molar-refractivity contribution in [3.05, 3.63) is 6.20 Å². The van der Waals surface area contributed by atoms with E-state index in [0.29, 0.717) is 6.61 Å². The summed E-state index contributed by atoms with van der Waals surface area (Å²) in [5.41, 5.74) is 0. The minimum atomic E-state index is -2.38. The summed E-state index contributed by atoms with van der Waals surface area (Å²) in [6, 6.07) is 0. The number of hydrogen-bond acceptors (Lipinski definition) is 5. The van der Waals surface area contributed by atoms with Crippen LogP contribution in [-0.2, 0) is 15.8 Å². The smallest absolute Gasteiger partial charge is 0.767 e. The maximum Gasteiger partial charge on any atom is 1.00 e. The van der Waals surface area contributed by atoms with Crippen molar-refractivity contribution in [1.29, 1.82) is 0 Å². The molecule has 2 heterocycles. The fraction of sp³-hybridized carbons (Fsp3) is 0.667. The first-order valence-electron chi connectivity index (χ1n) is 5.06. The van der Waals surface area contributed by atoms with Gasteiger partial charge in [0.25, 0.3) is 0 Å². The molecule has 0 aromatic carbocycles. The number of hydrogen-bond donors (Lipinski definition) is 0. The van der Waals surface area contributed by atoms with Crippen molar-refractivity contribution in [3.63, 3.8) is 0 Å². The Morgan fingerprint density at radius 3 is 2.94 bits per heavy atom. The van der Waals surface area contributed by atoms with Crippen LogP contribution in [0.25, 0.3) is 0 Å². The monoisotopic (exact) mass is 252 g/mol. The summed E-state index contributed by atoms with van der Waals surface area (Å²) in [7, 11) is 1.42. The number of methoxy groups -OCH3 is 1. The molecule has 8 heteroatoms. The predicted octanol–water partition coefficient (Wildman–Crippen LogP) is -2.17. The van der Waals surface area contributed by atoms with Crippen molar-refractivity contribution in [3.8, 4) is 5.75 Å². The molecule has 0 radical (unpaired) electrons. The average molecular weight is 252 g/mol. The standard InChI is InChI=1S/C9H14N2O4S.Li/c1-14-7-6-10-11(9(7)16(12)13)8-4-2-3-5-15-8;/h6,8H,2-5H2,1H3,(H,12,13);/q;+1/p-1. The van der Waals surface area contributed by atoms with Crippen molar-refractivity contribution in [1.82, 2.24) is 9.78 Å². The third kappa shape index (κ3) is 3.12. The van der Waals surface area contributed by atoms with Gasteiger partial charge in [0.1, 0.15) is 0 Å². The van der Waals surface area contributed by atoms with Crippen molar-refractivity contribution in [2.75, 3.05) is 13.7 Å². The SMILES string of the molecule is COc1cnn(C2CCCCO2)c1S(=O)[O-].[Li+]. The van der Waals surface area contributed by atoms with E-state index < -0.39 is 11.1 Å². The normalized spacial score (nSPS) is 21.6. The van der Waals surface area contributed by atoms with Crippen molar-refractivity contribution >= 4 is 11.1 Å². The molecular formula is C9H13LiN2O4S. The number of nitrogens with zero attached hydrogens (tertiary/aromatic N) is 2. The van der Waals surface area contributed by atoms with E-state index in [2.05, 4.69) is 5.10 Å². The van der Waals surface area contributed by atoms with E-state index in [0.717, 1.165) is 19.3 Å². The van der Waals surface area contributed by atoms with Gasteiger partial charge in [0.05, 0.1) is 13.3 Å². The molecule has 2 unspecified atom stereocenters. The molecule has 1 aliphatic heterocycles. The Kier molecular flexibility index (Phi) is 5.69. The van der Waals surface area contributed by atoms with Gasteiger partial charge in [0.15, 0.2) is 17.0 Å². The summed E-state index contributed by atoms with van der Waals surface area (Å²) in [5, 5.41) is 4.06. The van der Waals surface area contributed by atoms with Gasteiger partial charge in [-0.3, -0.25) is 4.21 Å². The van der Waals surface area contributed by atoms with Crippen LogP contribution in [0.5, 0.6) is 5.75 Å². The van der Waals surface area contributed by atoms with Gasteiger partial charge < -0.3 is 14.0 Å². The van der Waals surface area contributed by atoms with Crippen LogP contribution in [0.2, 0.25) is 0 Å². The van der Waals surface area contributed by atoms with Crippen LogP contribution in [0.1, 0.15) is 25.5 Å². The van der Waals surface area contributed by atoms with Crippen LogP contribution >= 0.6 is 0 Å². The Bertz CT molecular complexity index is 392. The molecule has 0 N–H and O–H groups in total. The summed E-state index contributed by atoms with van der Waals surface area (Å²) < 4.78 is 34.0. The molecule has 1 aliphatic rings. The molecule has 1 saturated heterocycles. The van der Waals surface area contributed by atoms with Gasteiger partial charge >= 0.3 is 18.9 Å². The van der Waals surface area contributed by atoms with Crippen LogP contribution in [-0.4, -0.2) is 32.3 Å². The molecule has 0 bridgehead atoms. The topological polar surface area (TPSA) is 76.4 Å². The molecule has 1 aromatic rings. The minimum Gasteiger partial charge on any atom is -0.767 e. The summed E-state index contributed by atoms with van der Waals surface area (Å²) >= 11 is -2.38. The zero-order chi connectivity index (χ0) is 11.5. The third-order valence-electron chi connectivity index (χ3n) is 2.52. The Labute approximate surface area is 114 Å². The van der Waals surface area contributed by atoms with E-state index in [1.807, 2.05) is 0 Å². The third-order valence-corrected chi connectivity index (χ3v) is 3.23. The van der Waals surface area contributed by atoms with Gasteiger partial charge in [-0.15, -0.1) is 0 Å². The van der Waals surface area contributed by atoms with Gasteiger partial charge in [0, 0.05) is 17.7 Å². The van der Waals surface area contributed by atoms with Gasteiger partial charge in [-0.25, -0.2) is 4.68 Å². The molecule has 1 fully saturated rings. The maximum absolute atomic E-state index is 11.1. The van der Waals surface area contributed by atoms with E-state index in [9.17, 15) is 8.76 Å². The molecule has 0 saturated carbocycles. The fourth-order valence-electron chi connectivity index (χ4n) is 1.76. The van der Waals surface area contributed by atoms with Crippen molar-refractivity contribution in [2.45, 2.75) is 30.5 Å². The summed E-state index contributed by atoms with van der Waals surface area (Å²) in [4.78, 5) is 0. The van der Waals surface area contributed by atoms with Gasteiger partial charge in [-0.2, -0.15) is 5.10 Å². The second-order valence-corrected chi connectivity index (χ2v) is 4.37.